The van der Waals surface area contributed by atoms with Gasteiger partial charge in [0.15, 0.2) is 0 Å². The smallest absolute Gasteiger partial charge is 0.243 e. The second kappa shape index (κ2) is 9.43. The lowest BCUT2D eigenvalue weighted by atomic mass is 10.1. The number of ether oxygens (including phenoxy) is 1. The Balaban J connectivity index is 1.44. The minimum Gasteiger partial charge on any atom is -0.489 e. The van der Waals surface area contributed by atoms with Crippen LogP contribution in [0.3, 0.4) is 0 Å². The minimum atomic E-state index is -0.0800. The second-order valence-corrected chi connectivity index (χ2v) is 6.25. The average Bonchev–Trinajstić information content (AvgIpc) is 2.73. The first-order valence-corrected chi connectivity index (χ1v) is 9.12. The molecule has 0 aliphatic heterocycles. The zero-order chi connectivity index (χ0) is 18.9. The van der Waals surface area contributed by atoms with Gasteiger partial charge in [-0.05, 0) is 53.9 Å². The number of rotatable bonds is 8. The molecule has 0 bridgehead atoms. The quantitative estimate of drug-likeness (QED) is 0.602. The van der Waals surface area contributed by atoms with Gasteiger partial charge in [-0.3, -0.25) is 4.79 Å². The van der Waals surface area contributed by atoms with Crippen molar-refractivity contribution >= 4 is 17.3 Å². The lowest BCUT2D eigenvalue weighted by Crippen LogP contribution is -2.21. The van der Waals surface area contributed by atoms with E-state index in [1.165, 1.54) is 5.56 Å². The van der Waals surface area contributed by atoms with Gasteiger partial charge in [0.05, 0.1) is 6.54 Å². The molecule has 4 nitrogen and oxygen atoms in total. The third-order valence-electron chi connectivity index (χ3n) is 4.20. The van der Waals surface area contributed by atoms with Gasteiger partial charge in [-0.25, -0.2) is 0 Å². The minimum absolute atomic E-state index is 0.0800. The molecule has 138 valence electrons. The zero-order valence-corrected chi connectivity index (χ0v) is 15.4. The van der Waals surface area contributed by atoms with Crippen LogP contribution < -0.4 is 15.4 Å². The number of carbonyl (C=O) groups excluding carboxylic acids is 1. The van der Waals surface area contributed by atoms with Gasteiger partial charge < -0.3 is 15.4 Å². The van der Waals surface area contributed by atoms with Crippen LogP contribution in [0.4, 0.5) is 11.4 Å². The van der Waals surface area contributed by atoms with Gasteiger partial charge in [-0.1, -0.05) is 49.4 Å². The molecule has 0 spiro atoms. The maximum atomic E-state index is 12.1. The molecule has 3 aromatic carbocycles. The Hall–Kier alpha value is -3.27. The molecule has 3 rings (SSSR count). The summed E-state index contributed by atoms with van der Waals surface area (Å²) in [6, 6.07) is 25.5. The van der Waals surface area contributed by atoms with Crippen molar-refractivity contribution in [2.45, 2.75) is 20.0 Å². The lowest BCUT2D eigenvalue weighted by Gasteiger charge is -2.10. The Kier molecular flexibility index (Phi) is 6.47. The van der Waals surface area contributed by atoms with E-state index in [2.05, 4.69) is 17.6 Å². The van der Waals surface area contributed by atoms with Crippen LogP contribution in [0.5, 0.6) is 5.75 Å². The van der Waals surface area contributed by atoms with Crippen molar-refractivity contribution in [2.24, 2.45) is 0 Å². The van der Waals surface area contributed by atoms with Crippen LogP contribution in [0.15, 0.2) is 78.9 Å². The van der Waals surface area contributed by atoms with Gasteiger partial charge >= 0.3 is 0 Å². The fraction of sp³-hybridized carbons (Fsp3) is 0.174. The molecule has 0 heterocycles. The van der Waals surface area contributed by atoms with Crippen LogP contribution in [-0.4, -0.2) is 12.5 Å². The number of amides is 1. The molecule has 0 aliphatic carbocycles. The van der Waals surface area contributed by atoms with Crippen LogP contribution in [-0.2, 0) is 17.8 Å². The highest BCUT2D eigenvalue weighted by Crippen LogP contribution is 2.17. The summed E-state index contributed by atoms with van der Waals surface area (Å²) in [6.45, 7) is 2.85. The van der Waals surface area contributed by atoms with Gasteiger partial charge in [0.25, 0.3) is 0 Å². The van der Waals surface area contributed by atoms with E-state index in [9.17, 15) is 4.79 Å². The Labute approximate surface area is 160 Å². The highest BCUT2D eigenvalue weighted by Gasteiger charge is 2.03. The molecule has 0 aromatic heterocycles. The predicted molar refractivity (Wildman–Crippen MR) is 110 cm³/mol. The molecule has 27 heavy (non-hydrogen) atoms. The van der Waals surface area contributed by atoms with E-state index in [0.717, 1.165) is 29.1 Å². The predicted octanol–water partition coefficient (Wildman–Crippen LogP) is 4.88. The normalized spacial score (nSPS) is 10.3. The summed E-state index contributed by atoms with van der Waals surface area (Å²) in [5.74, 6) is 0.716. The van der Waals surface area contributed by atoms with Crippen molar-refractivity contribution in [1.29, 1.82) is 0 Å². The fourth-order valence-corrected chi connectivity index (χ4v) is 2.62. The molecule has 0 saturated heterocycles. The largest absolute Gasteiger partial charge is 0.489 e. The molecule has 0 saturated carbocycles. The van der Waals surface area contributed by atoms with Gasteiger partial charge in [-0.2, -0.15) is 0 Å². The van der Waals surface area contributed by atoms with Gasteiger partial charge in [0, 0.05) is 11.4 Å². The molecule has 0 atom stereocenters. The molecule has 1 amide bonds. The van der Waals surface area contributed by atoms with E-state index < -0.39 is 0 Å². The van der Waals surface area contributed by atoms with Crippen molar-refractivity contribution in [3.8, 4) is 5.75 Å². The van der Waals surface area contributed by atoms with Gasteiger partial charge in [0.2, 0.25) is 5.91 Å². The number of carbonyl (C=O) groups is 1. The van der Waals surface area contributed by atoms with Crippen molar-refractivity contribution < 1.29 is 9.53 Å². The summed E-state index contributed by atoms with van der Waals surface area (Å²) < 4.78 is 5.76. The number of aryl methyl sites for hydroxylation is 1. The SMILES string of the molecule is CCc1ccc(NC(=O)CNc2ccc(OCc3ccccc3)cc2)cc1. The maximum absolute atomic E-state index is 12.1. The summed E-state index contributed by atoms with van der Waals surface area (Å²) in [6.07, 6.45) is 0.987. The van der Waals surface area contributed by atoms with E-state index in [1.807, 2.05) is 78.9 Å². The van der Waals surface area contributed by atoms with Crippen LogP contribution in [0.1, 0.15) is 18.1 Å². The Bertz CT molecular complexity index is 844. The monoisotopic (exact) mass is 360 g/mol. The van der Waals surface area contributed by atoms with Crippen LogP contribution >= 0.6 is 0 Å². The third-order valence-corrected chi connectivity index (χ3v) is 4.20. The average molecular weight is 360 g/mol. The summed E-state index contributed by atoms with van der Waals surface area (Å²) >= 11 is 0. The Morgan fingerprint density at radius 1 is 0.815 bits per heavy atom. The molecular weight excluding hydrogens is 336 g/mol. The summed E-state index contributed by atoms with van der Waals surface area (Å²) in [5.41, 5.74) is 4.06. The van der Waals surface area contributed by atoms with E-state index in [1.54, 1.807) is 0 Å². The standard InChI is InChI=1S/C23H24N2O2/c1-2-18-8-10-21(11-9-18)25-23(26)16-24-20-12-14-22(15-13-20)27-17-19-6-4-3-5-7-19/h3-15,24H,2,16-17H2,1H3,(H,25,26). The van der Waals surface area contributed by atoms with Crippen molar-refractivity contribution in [1.82, 2.24) is 0 Å². The topological polar surface area (TPSA) is 50.4 Å². The first kappa shape index (κ1) is 18.5. The number of hydrogen-bond donors (Lipinski definition) is 2. The molecule has 0 radical (unpaired) electrons. The summed E-state index contributed by atoms with van der Waals surface area (Å²) in [4.78, 5) is 12.1. The number of nitrogens with one attached hydrogen (secondary N) is 2. The third kappa shape index (κ3) is 5.89. The maximum Gasteiger partial charge on any atom is 0.243 e. The van der Waals surface area contributed by atoms with Crippen molar-refractivity contribution in [3.63, 3.8) is 0 Å². The van der Waals surface area contributed by atoms with E-state index in [0.29, 0.717) is 6.61 Å². The van der Waals surface area contributed by atoms with Crippen LogP contribution in [0.2, 0.25) is 0 Å². The number of hydrogen-bond acceptors (Lipinski definition) is 3. The van der Waals surface area contributed by atoms with Gasteiger partial charge in [-0.15, -0.1) is 0 Å². The van der Waals surface area contributed by atoms with Crippen LogP contribution in [0.25, 0.3) is 0 Å². The Morgan fingerprint density at radius 3 is 2.15 bits per heavy atom. The van der Waals surface area contributed by atoms with Crippen molar-refractivity contribution in [2.75, 3.05) is 17.2 Å². The highest BCUT2D eigenvalue weighted by atomic mass is 16.5. The highest BCUT2D eigenvalue weighted by molar-refractivity contribution is 5.93. The first-order valence-electron chi connectivity index (χ1n) is 9.12. The molecule has 0 aliphatic rings. The zero-order valence-electron chi connectivity index (χ0n) is 15.4. The molecule has 4 heteroatoms. The van der Waals surface area contributed by atoms with E-state index in [4.69, 9.17) is 4.74 Å². The molecular formula is C23H24N2O2. The first-order chi connectivity index (χ1) is 13.2. The molecule has 2 N–H and O–H groups in total. The van der Waals surface area contributed by atoms with E-state index in [-0.39, 0.29) is 12.5 Å². The van der Waals surface area contributed by atoms with Crippen molar-refractivity contribution in [3.05, 3.63) is 90.0 Å². The number of anilines is 2. The fourth-order valence-electron chi connectivity index (χ4n) is 2.62. The summed E-state index contributed by atoms with van der Waals surface area (Å²) in [5, 5.41) is 6.01. The van der Waals surface area contributed by atoms with Crippen LogP contribution in [0, 0.1) is 0 Å². The summed E-state index contributed by atoms with van der Waals surface area (Å²) in [7, 11) is 0. The lowest BCUT2D eigenvalue weighted by molar-refractivity contribution is -0.114. The molecule has 3 aromatic rings. The second-order valence-electron chi connectivity index (χ2n) is 6.25. The van der Waals surface area contributed by atoms with Gasteiger partial charge in [0.1, 0.15) is 12.4 Å². The van der Waals surface area contributed by atoms with E-state index >= 15 is 0 Å². The number of benzene rings is 3. The Morgan fingerprint density at radius 2 is 1.48 bits per heavy atom. The molecule has 0 fully saturated rings. The molecule has 0 unspecified atom stereocenters.